The van der Waals surface area contributed by atoms with Crippen molar-refractivity contribution >= 4 is 16.2 Å². The molecule has 1 aliphatic carbocycles. The van der Waals surface area contributed by atoms with Gasteiger partial charge in [-0.05, 0) is 31.9 Å². The van der Waals surface area contributed by atoms with Crippen molar-refractivity contribution in [2.75, 3.05) is 0 Å². The Kier molecular flexibility index (Phi) is 3.95. The van der Waals surface area contributed by atoms with E-state index in [-0.39, 0.29) is 10.3 Å². The van der Waals surface area contributed by atoms with E-state index in [1.165, 1.54) is 11.8 Å². The fourth-order valence-electron chi connectivity index (χ4n) is 2.03. The Bertz CT molecular complexity index is 699. The van der Waals surface area contributed by atoms with E-state index in [1.54, 1.807) is 25.1 Å². The maximum atomic E-state index is 12.3. The summed E-state index contributed by atoms with van der Waals surface area (Å²) in [6.45, 7) is 5.78. The summed E-state index contributed by atoms with van der Waals surface area (Å²) < 4.78 is 28.4. The number of hydrogen-bond donors (Lipinski definition) is 0. The minimum Gasteiger partial charge on any atom is -0.199 e. The van der Waals surface area contributed by atoms with Crippen LogP contribution in [0.5, 0.6) is 0 Å². The van der Waals surface area contributed by atoms with Crippen molar-refractivity contribution in [3.63, 3.8) is 0 Å². The first kappa shape index (κ1) is 14.7. The van der Waals surface area contributed by atoms with E-state index in [1.807, 2.05) is 32.1 Å². The van der Waals surface area contributed by atoms with E-state index in [2.05, 4.69) is 10.5 Å². The fraction of sp³-hybridized carbons (Fsp3) is 0.312. The highest BCUT2D eigenvalue weighted by molar-refractivity contribution is 7.90. The third-order valence-electron chi connectivity index (χ3n) is 3.45. The predicted molar refractivity (Wildman–Crippen MR) is 82.5 cm³/mol. The Morgan fingerprint density at radius 2 is 1.95 bits per heavy atom. The molecule has 0 aromatic heterocycles. The van der Waals surface area contributed by atoms with Crippen LogP contribution in [0.2, 0.25) is 0 Å². The van der Waals surface area contributed by atoms with Gasteiger partial charge in [0.1, 0.15) is 0 Å². The van der Waals surface area contributed by atoms with Gasteiger partial charge in [-0.1, -0.05) is 48.9 Å². The number of benzene rings is 1. The van der Waals surface area contributed by atoms with Gasteiger partial charge < -0.3 is 0 Å². The fourth-order valence-corrected chi connectivity index (χ4v) is 3.25. The van der Waals surface area contributed by atoms with Gasteiger partial charge in [0, 0.05) is 11.6 Å². The molecule has 2 rings (SSSR count). The highest BCUT2D eigenvalue weighted by Crippen LogP contribution is 2.28. The van der Waals surface area contributed by atoms with Crippen LogP contribution in [0.1, 0.15) is 25.8 Å². The first-order valence-corrected chi connectivity index (χ1v) is 8.00. The molecule has 0 saturated carbocycles. The summed E-state index contributed by atoms with van der Waals surface area (Å²) in [5, 5.41) is 0. The van der Waals surface area contributed by atoms with E-state index >= 15 is 0 Å². The first-order valence-electron chi connectivity index (χ1n) is 6.56. The zero-order valence-corrected chi connectivity index (χ0v) is 12.8. The number of sulfonamides is 1. The Morgan fingerprint density at radius 3 is 2.55 bits per heavy atom. The van der Waals surface area contributed by atoms with Gasteiger partial charge in [0.2, 0.25) is 0 Å². The number of nitrogens with zero attached hydrogens (tertiary/aromatic N) is 1. The summed E-state index contributed by atoms with van der Waals surface area (Å²) in [4.78, 5) is 0.270. The zero-order chi connectivity index (χ0) is 14.8. The summed E-state index contributed by atoms with van der Waals surface area (Å²) >= 11 is 0. The molecule has 0 bridgehead atoms. The second kappa shape index (κ2) is 5.37. The number of aryl methyl sites for hydroxylation is 1. The average molecular weight is 289 g/mol. The largest absolute Gasteiger partial charge is 0.282 e. The van der Waals surface area contributed by atoms with E-state index in [0.29, 0.717) is 5.56 Å². The first-order chi connectivity index (χ1) is 9.32. The van der Waals surface area contributed by atoms with Gasteiger partial charge in [-0.2, -0.15) is 12.8 Å². The molecule has 1 unspecified atom stereocenters. The summed E-state index contributed by atoms with van der Waals surface area (Å²) in [5.41, 5.74) is 1.57. The minimum atomic E-state index is -3.63. The van der Waals surface area contributed by atoms with Crippen LogP contribution >= 0.6 is 0 Å². The van der Waals surface area contributed by atoms with E-state index < -0.39 is 10.0 Å². The average Bonchev–Trinajstić information content (AvgIpc) is 2.41. The summed E-state index contributed by atoms with van der Waals surface area (Å²) in [5.74, 6) is 0. The molecular formula is C16H19NO2S. The van der Waals surface area contributed by atoms with Crippen LogP contribution in [-0.2, 0) is 10.0 Å². The molecule has 1 aliphatic rings. The second-order valence-corrected chi connectivity index (χ2v) is 7.07. The van der Waals surface area contributed by atoms with Gasteiger partial charge in [0.05, 0.1) is 4.90 Å². The minimum absolute atomic E-state index is 0.270. The second-order valence-electron chi connectivity index (χ2n) is 5.47. The smallest absolute Gasteiger partial charge is 0.199 e. The molecule has 3 nitrogen and oxygen atoms in total. The molecule has 0 amide bonds. The number of hydrogen-bond acceptors (Lipinski definition) is 2. The summed E-state index contributed by atoms with van der Waals surface area (Å²) in [7, 11) is -3.63. The van der Waals surface area contributed by atoms with Crippen LogP contribution in [0.3, 0.4) is 0 Å². The molecule has 1 aromatic carbocycles. The van der Waals surface area contributed by atoms with Crippen molar-refractivity contribution in [2.24, 2.45) is 9.81 Å². The molecule has 0 saturated heterocycles. The van der Waals surface area contributed by atoms with E-state index in [4.69, 9.17) is 0 Å². The van der Waals surface area contributed by atoms with Crippen LogP contribution in [0.4, 0.5) is 0 Å². The van der Waals surface area contributed by atoms with Gasteiger partial charge in [0.15, 0.2) is 0 Å². The number of allylic oxidation sites excluding steroid dienone is 4. The van der Waals surface area contributed by atoms with Crippen LogP contribution in [0, 0.1) is 12.3 Å². The third-order valence-corrected chi connectivity index (χ3v) is 4.85. The summed E-state index contributed by atoms with van der Waals surface area (Å²) in [6.07, 6.45) is 8.39. The molecule has 0 fully saturated rings. The highest BCUT2D eigenvalue weighted by Gasteiger charge is 2.22. The Morgan fingerprint density at radius 1 is 1.25 bits per heavy atom. The van der Waals surface area contributed by atoms with E-state index in [0.717, 1.165) is 6.42 Å². The maximum absolute atomic E-state index is 12.3. The van der Waals surface area contributed by atoms with Crippen molar-refractivity contribution < 1.29 is 8.42 Å². The van der Waals surface area contributed by atoms with Crippen LogP contribution in [-0.4, -0.2) is 14.6 Å². The van der Waals surface area contributed by atoms with Crippen molar-refractivity contribution in [1.29, 1.82) is 0 Å². The third kappa shape index (κ3) is 3.25. The molecule has 1 aromatic rings. The molecule has 4 heteroatoms. The lowest BCUT2D eigenvalue weighted by Gasteiger charge is -2.22. The Labute approximate surface area is 120 Å². The highest BCUT2D eigenvalue weighted by atomic mass is 32.2. The van der Waals surface area contributed by atoms with Crippen LogP contribution < -0.4 is 0 Å². The van der Waals surface area contributed by atoms with Crippen molar-refractivity contribution in [3.8, 4) is 0 Å². The van der Waals surface area contributed by atoms with Crippen molar-refractivity contribution in [2.45, 2.75) is 32.1 Å². The molecule has 0 heterocycles. The molecule has 0 aliphatic heterocycles. The van der Waals surface area contributed by atoms with Crippen molar-refractivity contribution in [3.05, 3.63) is 53.6 Å². The normalized spacial score (nSPS) is 23.1. The quantitative estimate of drug-likeness (QED) is 0.797. The van der Waals surface area contributed by atoms with Gasteiger partial charge in [-0.25, -0.2) is 0 Å². The molecule has 20 heavy (non-hydrogen) atoms. The summed E-state index contributed by atoms with van der Waals surface area (Å²) in [6, 6.07) is 6.89. The van der Waals surface area contributed by atoms with Gasteiger partial charge in [-0.15, -0.1) is 0 Å². The van der Waals surface area contributed by atoms with Gasteiger partial charge in [0.25, 0.3) is 10.0 Å². The molecule has 0 spiro atoms. The lowest BCUT2D eigenvalue weighted by molar-refractivity contribution is 0.591. The SMILES string of the molecule is CC1=CCC(C)(/C=N/S(=O)(=O)c2ccccc2C)C=C1. The van der Waals surface area contributed by atoms with Gasteiger partial charge >= 0.3 is 0 Å². The van der Waals surface area contributed by atoms with Crippen LogP contribution in [0.15, 0.2) is 57.4 Å². The van der Waals surface area contributed by atoms with Gasteiger partial charge in [-0.3, -0.25) is 0 Å². The zero-order valence-electron chi connectivity index (χ0n) is 12.0. The monoisotopic (exact) mass is 289 g/mol. The topological polar surface area (TPSA) is 46.5 Å². The lowest BCUT2D eigenvalue weighted by atomic mass is 9.83. The molecule has 0 N–H and O–H groups in total. The maximum Gasteiger partial charge on any atom is 0.282 e. The number of rotatable bonds is 3. The Balaban J connectivity index is 2.28. The molecular weight excluding hydrogens is 270 g/mol. The molecule has 0 radical (unpaired) electrons. The Hall–Kier alpha value is -1.68. The predicted octanol–water partition coefficient (Wildman–Crippen LogP) is 3.67. The lowest BCUT2D eigenvalue weighted by Crippen LogP contribution is -2.17. The van der Waals surface area contributed by atoms with E-state index in [9.17, 15) is 8.42 Å². The standard InChI is InChI=1S/C16H19NO2S/c1-13-8-10-16(3,11-9-13)12-17-20(18,19)15-7-5-4-6-14(15)2/h4-10,12H,11H2,1-3H3/b17-12+. The van der Waals surface area contributed by atoms with Crippen molar-refractivity contribution in [1.82, 2.24) is 0 Å². The molecule has 106 valence electrons. The molecule has 1 atom stereocenters. The van der Waals surface area contributed by atoms with Crippen LogP contribution in [0.25, 0.3) is 0 Å².